The lowest BCUT2D eigenvalue weighted by Crippen LogP contribution is -2.48. The number of nitro benzene ring substituents is 1. The number of hydrogen-bond donors (Lipinski definition) is 1. The minimum atomic E-state index is -0.516. The number of anilines is 2. The van der Waals surface area contributed by atoms with Crippen LogP contribution in [0.15, 0.2) is 42.5 Å². The Morgan fingerprint density at radius 3 is 2.31 bits per heavy atom. The van der Waals surface area contributed by atoms with Gasteiger partial charge in [0.2, 0.25) is 5.91 Å². The SMILES string of the molecule is CCC(=O)N1CCN(c2ccc(NC(=O)c3ccc([N+](=O)[O-])cc3)cc2Cl)CC1. The molecule has 2 aromatic rings. The number of hydrogen-bond acceptors (Lipinski definition) is 5. The van der Waals surface area contributed by atoms with Crippen LogP contribution >= 0.6 is 11.6 Å². The van der Waals surface area contributed by atoms with Crippen LogP contribution in [0.5, 0.6) is 0 Å². The maximum absolute atomic E-state index is 12.3. The number of nitro groups is 1. The van der Waals surface area contributed by atoms with Gasteiger partial charge >= 0.3 is 0 Å². The molecule has 29 heavy (non-hydrogen) atoms. The third kappa shape index (κ3) is 4.83. The molecule has 1 heterocycles. The maximum Gasteiger partial charge on any atom is 0.269 e. The Morgan fingerprint density at radius 1 is 1.10 bits per heavy atom. The average Bonchev–Trinajstić information content (AvgIpc) is 2.73. The highest BCUT2D eigenvalue weighted by Crippen LogP contribution is 2.30. The summed E-state index contributed by atoms with van der Waals surface area (Å²) in [7, 11) is 0. The lowest BCUT2D eigenvalue weighted by molar-refractivity contribution is -0.384. The molecule has 1 saturated heterocycles. The van der Waals surface area contributed by atoms with Crippen molar-refractivity contribution in [3.63, 3.8) is 0 Å². The Balaban J connectivity index is 1.64. The van der Waals surface area contributed by atoms with Crippen molar-refractivity contribution in [2.75, 3.05) is 36.4 Å². The molecular formula is C20H21ClN4O4. The highest BCUT2D eigenvalue weighted by molar-refractivity contribution is 6.33. The summed E-state index contributed by atoms with van der Waals surface area (Å²) in [4.78, 5) is 38.3. The lowest BCUT2D eigenvalue weighted by Gasteiger charge is -2.36. The van der Waals surface area contributed by atoms with Crippen LogP contribution in [-0.4, -0.2) is 47.8 Å². The van der Waals surface area contributed by atoms with Crippen molar-refractivity contribution in [1.82, 2.24) is 4.90 Å². The molecule has 152 valence electrons. The van der Waals surface area contributed by atoms with Gasteiger partial charge in [-0.3, -0.25) is 19.7 Å². The number of nitrogens with one attached hydrogen (secondary N) is 1. The molecule has 0 unspecified atom stereocenters. The van der Waals surface area contributed by atoms with Crippen LogP contribution in [0.2, 0.25) is 5.02 Å². The van der Waals surface area contributed by atoms with Gasteiger partial charge in [0.1, 0.15) is 0 Å². The molecule has 1 aliphatic rings. The minimum absolute atomic E-state index is 0.0744. The number of benzene rings is 2. The van der Waals surface area contributed by atoms with Crippen LogP contribution in [0.25, 0.3) is 0 Å². The fourth-order valence-corrected chi connectivity index (χ4v) is 3.50. The number of carbonyl (C=O) groups is 2. The van der Waals surface area contributed by atoms with Crippen molar-refractivity contribution in [3.8, 4) is 0 Å². The van der Waals surface area contributed by atoms with E-state index in [4.69, 9.17) is 11.6 Å². The van der Waals surface area contributed by atoms with Crippen molar-refractivity contribution in [3.05, 3.63) is 63.2 Å². The van der Waals surface area contributed by atoms with Crippen LogP contribution in [0, 0.1) is 10.1 Å². The van der Waals surface area contributed by atoms with Crippen LogP contribution in [-0.2, 0) is 4.79 Å². The van der Waals surface area contributed by atoms with E-state index in [1.165, 1.54) is 24.3 Å². The summed E-state index contributed by atoms with van der Waals surface area (Å²) in [5.41, 5.74) is 1.62. The van der Waals surface area contributed by atoms with E-state index in [1.807, 2.05) is 17.9 Å². The zero-order valence-corrected chi connectivity index (χ0v) is 16.7. The first-order chi connectivity index (χ1) is 13.9. The van der Waals surface area contributed by atoms with Crippen LogP contribution < -0.4 is 10.2 Å². The number of rotatable bonds is 5. The van der Waals surface area contributed by atoms with E-state index in [9.17, 15) is 19.7 Å². The first-order valence-corrected chi connectivity index (χ1v) is 9.65. The zero-order valence-electron chi connectivity index (χ0n) is 15.9. The van der Waals surface area contributed by atoms with Crippen molar-refractivity contribution < 1.29 is 14.5 Å². The zero-order chi connectivity index (χ0) is 21.0. The van der Waals surface area contributed by atoms with E-state index in [0.717, 1.165) is 5.69 Å². The fourth-order valence-electron chi connectivity index (χ4n) is 3.20. The van der Waals surface area contributed by atoms with E-state index < -0.39 is 4.92 Å². The molecule has 2 aromatic carbocycles. The Labute approximate surface area is 173 Å². The molecule has 0 aliphatic carbocycles. The molecule has 0 radical (unpaired) electrons. The Kier molecular flexibility index (Phi) is 6.33. The van der Waals surface area contributed by atoms with Gasteiger partial charge in [-0.25, -0.2) is 0 Å². The number of halogens is 1. The first-order valence-electron chi connectivity index (χ1n) is 9.27. The number of amides is 2. The van der Waals surface area contributed by atoms with E-state index in [1.54, 1.807) is 12.1 Å². The van der Waals surface area contributed by atoms with Crippen molar-refractivity contribution in [1.29, 1.82) is 0 Å². The lowest BCUT2D eigenvalue weighted by atomic mass is 10.2. The van der Waals surface area contributed by atoms with Gasteiger partial charge in [0.15, 0.2) is 0 Å². The molecule has 1 aliphatic heterocycles. The van der Waals surface area contributed by atoms with Gasteiger partial charge in [-0.1, -0.05) is 18.5 Å². The summed E-state index contributed by atoms with van der Waals surface area (Å²) in [5.74, 6) is -0.226. The molecule has 9 heteroatoms. The fraction of sp³-hybridized carbons (Fsp3) is 0.300. The molecule has 0 atom stereocenters. The highest BCUT2D eigenvalue weighted by Gasteiger charge is 2.21. The monoisotopic (exact) mass is 416 g/mol. The maximum atomic E-state index is 12.3. The largest absolute Gasteiger partial charge is 0.367 e. The molecule has 1 fully saturated rings. The summed E-state index contributed by atoms with van der Waals surface area (Å²) >= 11 is 6.43. The third-order valence-corrected chi connectivity index (χ3v) is 5.12. The minimum Gasteiger partial charge on any atom is -0.367 e. The normalized spacial score (nSPS) is 13.9. The molecule has 1 N–H and O–H groups in total. The third-order valence-electron chi connectivity index (χ3n) is 4.82. The summed E-state index contributed by atoms with van der Waals surface area (Å²) in [5, 5.41) is 14.0. The van der Waals surface area contributed by atoms with Crippen LogP contribution in [0.1, 0.15) is 23.7 Å². The smallest absolute Gasteiger partial charge is 0.269 e. The topological polar surface area (TPSA) is 95.8 Å². The van der Waals surface area contributed by atoms with Gasteiger partial charge in [0, 0.05) is 56.0 Å². The Morgan fingerprint density at radius 2 is 1.76 bits per heavy atom. The van der Waals surface area contributed by atoms with Gasteiger partial charge < -0.3 is 15.1 Å². The molecule has 0 aromatic heterocycles. The molecule has 8 nitrogen and oxygen atoms in total. The van der Waals surface area contributed by atoms with Gasteiger partial charge in [0.25, 0.3) is 11.6 Å². The molecule has 2 amide bonds. The number of carbonyl (C=O) groups excluding carboxylic acids is 2. The number of non-ortho nitro benzene ring substituents is 1. The van der Waals surface area contributed by atoms with Gasteiger partial charge in [-0.2, -0.15) is 0 Å². The predicted molar refractivity (Wildman–Crippen MR) is 112 cm³/mol. The van der Waals surface area contributed by atoms with Crippen molar-refractivity contribution in [2.45, 2.75) is 13.3 Å². The van der Waals surface area contributed by atoms with Crippen molar-refractivity contribution >= 4 is 40.5 Å². The molecule has 0 bridgehead atoms. The second kappa shape index (κ2) is 8.91. The number of nitrogens with zero attached hydrogens (tertiary/aromatic N) is 3. The highest BCUT2D eigenvalue weighted by atomic mass is 35.5. The molecule has 0 saturated carbocycles. The van der Waals surface area contributed by atoms with Gasteiger partial charge in [0.05, 0.1) is 15.6 Å². The Hall–Kier alpha value is -3.13. The van der Waals surface area contributed by atoms with Crippen LogP contribution in [0.3, 0.4) is 0 Å². The predicted octanol–water partition coefficient (Wildman–Crippen LogP) is 3.56. The van der Waals surface area contributed by atoms with E-state index in [-0.39, 0.29) is 17.5 Å². The van der Waals surface area contributed by atoms with Crippen LogP contribution in [0.4, 0.5) is 17.1 Å². The van der Waals surface area contributed by atoms with Gasteiger partial charge in [-0.15, -0.1) is 0 Å². The quantitative estimate of drug-likeness (QED) is 0.593. The summed E-state index contributed by atoms with van der Waals surface area (Å²) < 4.78 is 0. The first kappa shape index (κ1) is 20.6. The molecule has 0 spiro atoms. The summed E-state index contributed by atoms with van der Waals surface area (Å²) in [6.07, 6.45) is 0.504. The van der Waals surface area contributed by atoms with E-state index in [2.05, 4.69) is 10.2 Å². The number of piperazine rings is 1. The van der Waals surface area contributed by atoms with E-state index >= 15 is 0 Å². The second-order valence-electron chi connectivity index (χ2n) is 6.65. The summed E-state index contributed by atoms with van der Waals surface area (Å²) in [6, 6.07) is 10.6. The van der Waals surface area contributed by atoms with Crippen molar-refractivity contribution in [2.24, 2.45) is 0 Å². The second-order valence-corrected chi connectivity index (χ2v) is 7.05. The average molecular weight is 417 g/mol. The molecule has 3 rings (SSSR count). The summed E-state index contributed by atoms with van der Waals surface area (Å²) in [6.45, 7) is 4.55. The van der Waals surface area contributed by atoms with E-state index in [0.29, 0.717) is 48.9 Å². The Bertz CT molecular complexity index is 925. The van der Waals surface area contributed by atoms with Gasteiger partial charge in [-0.05, 0) is 30.3 Å². The standard InChI is InChI=1S/C20H21ClN4O4/c1-2-19(26)24-11-9-23(10-12-24)18-8-5-15(13-17(18)21)22-20(27)14-3-6-16(7-4-14)25(28)29/h3-8,13H,2,9-12H2,1H3,(H,22,27). The molecular weight excluding hydrogens is 396 g/mol.